The average Bonchev–Trinajstić information content (AvgIpc) is 2.43. The molecule has 1 fully saturated rings. The van der Waals surface area contributed by atoms with Crippen molar-refractivity contribution in [3.63, 3.8) is 0 Å². The molecule has 66 valence electrons. The summed E-state index contributed by atoms with van der Waals surface area (Å²) in [7, 11) is 0. The molecule has 1 unspecified atom stereocenters. The zero-order valence-electron chi connectivity index (χ0n) is 7.56. The Hall–Kier alpha value is 0.250. The Kier molecular flexibility index (Phi) is 2.82. The van der Waals surface area contributed by atoms with Crippen molar-refractivity contribution in [3.8, 4) is 0 Å². The fourth-order valence-corrected chi connectivity index (χ4v) is 1.79. The van der Waals surface area contributed by atoms with Crippen molar-refractivity contribution in [2.24, 2.45) is 5.92 Å². The number of rotatable bonds is 4. The third-order valence-corrected chi connectivity index (χ3v) is 2.09. The maximum absolute atomic E-state index is 5.76. The summed E-state index contributed by atoms with van der Waals surface area (Å²) in [5, 5.41) is 0. The van der Waals surface area contributed by atoms with Gasteiger partial charge in [0.15, 0.2) is 0 Å². The topological polar surface area (TPSA) is 9.23 Å². The second-order valence-corrected chi connectivity index (χ2v) is 4.56. The van der Waals surface area contributed by atoms with Crippen molar-refractivity contribution >= 4 is 11.6 Å². The SMILES string of the molecule is CC(C)CC1(OC(C)Cl)CC1. The van der Waals surface area contributed by atoms with Gasteiger partial charge in [-0.25, -0.2) is 0 Å². The Morgan fingerprint density at radius 2 is 1.91 bits per heavy atom. The lowest BCUT2D eigenvalue weighted by Gasteiger charge is -2.19. The van der Waals surface area contributed by atoms with E-state index in [1.54, 1.807) is 0 Å². The predicted molar refractivity (Wildman–Crippen MR) is 47.8 cm³/mol. The molecule has 0 heterocycles. The molecule has 0 aromatic heterocycles. The smallest absolute Gasteiger partial charge is 0.129 e. The minimum atomic E-state index is -0.128. The van der Waals surface area contributed by atoms with Crippen LogP contribution >= 0.6 is 11.6 Å². The molecule has 1 saturated carbocycles. The summed E-state index contributed by atoms with van der Waals surface area (Å²) in [5.41, 5.74) is 0.0336. The molecule has 0 aromatic carbocycles. The summed E-state index contributed by atoms with van der Waals surface area (Å²) in [4.78, 5) is 0. The van der Waals surface area contributed by atoms with E-state index in [0.29, 0.717) is 5.92 Å². The van der Waals surface area contributed by atoms with Crippen molar-refractivity contribution in [2.75, 3.05) is 0 Å². The predicted octanol–water partition coefficient (Wildman–Crippen LogP) is 3.17. The van der Waals surface area contributed by atoms with Gasteiger partial charge in [0.2, 0.25) is 0 Å². The normalized spacial score (nSPS) is 23.7. The second-order valence-electron chi connectivity index (χ2n) is 3.94. The van der Waals surface area contributed by atoms with Gasteiger partial charge >= 0.3 is 0 Å². The van der Waals surface area contributed by atoms with Crippen molar-refractivity contribution in [2.45, 2.75) is 51.2 Å². The molecule has 11 heavy (non-hydrogen) atoms. The van der Waals surface area contributed by atoms with Crippen LogP contribution in [0.15, 0.2) is 0 Å². The molecule has 1 aliphatic carbocycles. The molecule has 2 heteroatoms. The highest BCUT2D eigenvalue weighted by Crippen LogP contribution is 2.45. The first-order chi connectivity index (χ1) is 5.04. The van der Waals surface area contributed by atoms with Gasteiger partial charge in [-0.1, -0.05) is 25.4 Å². The van der Waals surface area contributed by atoms with Crippen LogP contribution in [0.3, 0.4) is 0 Å². The van der Waals surface area contributed by atoms with Gasteiger partial charge in [0.25, 0.3) is 0 Å². The van der Waals surface area contributed by atoms with Crippen LogP contribution in [0.5, 0.6) is 0 Å². The highest BCUT2D eigenvalue weighted by atomic mass is 35.5. The summed E-state index contributed by atoms with van der Waals surface area (Å²) >= 11 is 5.76. The standard InChI is InChI=1S/C9H17ClO/c1-7(2)6-9(4-5-9)11-8(3)10/h7-8H,4-6H2,1-3H3. The highest BCUT2D eigenvalue weighted by molar-refractivity contribution is 6.19. The fraction of sp³-hybridized carbons (Fsp3) is 1.00. The number of ether oxygens (including phenoxy) is 1. The van der Waals surface area contributed by atoms with Crippen molar-refractivity contribution in [3.05, 3.63) is 0 Å². The van der Waals surface area contributed by atoms with Gasteiger partial charge in [-0.2, -0.15) is 0 Å². The fourth-order valence-electron chi connectivity index (χ4n) is 1.60. The zero-order valence-corrected chi connectivity index (χ0v) is 8.32. The molecule has 1 atom stereocenters. The van der Waals surface area contributed by atoms with Gasteiger partial charge in [-0.05, 0) is 32.1 Å². The van der Waals surface area contributed by atoms with Crippen LogP contribution in [0.2, 0.25) is 0 Å². The molecule has 0 bridgehead atoms. The average molecular weight is 177 g/mol. The van der Waals surface area contributed by atoms with Gasteiger partial charge in [-0.3, -0.25) is 0 Å². The first-order valence-corrected chi connectivity index (χ1v) is 4.80. The summed E-state index contributed by atoms with van der Waals surface area (Å²) in [6.07, 6.45) is 3.55. The summed E-state index contributed by atoms with van der Waals surface area (Å²) < 4.78 is 5.63. The molecule has 0 aliphatic heterocycles. The molecule has 1 rings (SSSR count). The van der Waals surface area contributed by atoms with E-state index in [-0.39, 0.29) is 11.2 Å². The van der Waals surface area contributed by atoms with Gasteiger partial charge < -0.3 is 4.74 Å². The number of alkyl halides is 1. The van der Waals surface area contributed by atoms with Crippen LogP contribution in [0.1, 0.15) is 40.0 Å². The quantitative estimate of drug-likeness (QED) is 0.598. The van der Waals surface area contributed by atoms with E-state index in [4.69, 9.17) is 16.3 Å². The maximum Gasteiger partial charge on any atom is 0.129 e. The van der Waals surface area contributed by atoms with E-state index in [2.05, 4.69) is 13.8 Å². The summed E-state index contributed by atoms with van der Waals surface area (Å²) in [5.74, 6) is 0.716. The molecule has 0 aromatic rings. The molecule has 0 spiro atoms. The Bertz CT molecular complexity index is 116. The Morgan fingerprint density at radius 1 is 1.36 bits per heavy atom. The molecule has 1 aliphatic rings. The first kappa shape index (κ1) is 9.34. The van der Waals surface area contributed by atoms with Gasteiger partial charge in [0.05, 0.1) is 5.60 Å². The van der Waals surface area contributed by atoms with E-state index >= 15 is 0 Å². The third-order valence-electron chi connectivity index (χ3n) is 2.00. The highest BCUT2D eigenvalue weighted by Gasteiger charge is 2.45. The third kappa shape index (κ3) is 3.00. The van der Waals surface area contributed by atoms with Crippen molar-refractivity contribution in [1.29, 1.82) is 0 Å². The molecule has 0 saturated heterocycles. The van der Waals surface area contributed by atoms with Gasteiger partial charge in [0.1, 0.15) is 5.56 Å². The first-order valence-electron chi connectivity index (χ1n) is 4.36. The zero-order chi connectivity index (χ0) is 8.48. The number of halogens is 1. The molecule has 0 radical (unpaired) electrons. The lowest BCUT2D eigenvalue weighted by Crippen LogP contribution is -2.19. The van der Waals surface area contributed by atoms with Crippen LogP contribution in [-0.2, 0) is 4.74 Å². The van der Waals surface area contributed by atoms with Crippen LogP contribution in [0.25, 0.3) is 0 Å². The Labute approximate surface area is 74.1 Å². The monoisotopic (exact) mass is 176 g/mol. The Morgan fingerprint density at radius 3 is 2.18 bits per heavy atom. The largest absolute Gasteiger partial charge is 0.356 e. The van der Waals surface area contributed by atoms with Crippen LogP contribution < -0.4 is 0 Å². The molecule has 0 amide bonds. The van der Waals surface area contributed by atoms with E-state index < -0.39 is 0 Å². The second kappa shape index (κ2) is 3.32. The van der Waals surface area contributed by atoms with Crippen LogP contribution in [-0.4, -0.2) is 11.2 Å². The number of hydrogen-bond acceptors (Lipinski definition) is 1. The molecule has 0 N–H and O–H groups in total. The summed E-state index contributed by atoms with van der Waals surface area (Å²) in [6, 6.07) is 0. The van der Waals surface area contributed by atoms with Crippen molar-refractivity contribution < 1.29 is 4.74 Å². The lowest BCUT2D eigenvalue weighted by atomic mass is 10.0. The minimum absolute atomic E-state index is 0.128. The molecule has 1 nitrogen and oxygen atoms in total. The Balaban J connectivity index is 2.29. The van der Waals surface area contributed by atoms with E-state index in [9.17, 15) is 0 Å². The van der Waals surface area contributed by atoms with E-state index in [1.807, 2.05) is 6.92 Å². The maximum atomic E-state index is 5.76. The van der Waals surface area contributed by atoms with E-state index in [1.165, 1.54) is 12.8 Å². The van der Waals surface area contributed by atoms with Gasteiger partial charge in [-0.15, -0.1) is 0 Å². The van der Waals surface area contributed by atoms with Crippen LogP contribution in [0.4, 0.5) is 0 Å². The minimum Gasteiger partial charge on any atom is -0.356 e. The summed E-state index contributed by atoms with van der Waals surface area (Å²) in [6.45, 7) is 6.34. The van der Waals surface area contributed by atoms with Crippen molar-refractivity contribution in [1.82, 2.24) is 0 Å². The molecular weight excluding hydrogens is 160 g/mol. The number of hydrogen-bond donors (Lipinski definition) is 0. The van der Waals surface area contributed by atoms with Gasteiger partial charge in [0, 0.05) is 0 Å². The lowest BCUT2D eigenvalue weighted by molar-refractivity contribution is 0.00611. The molecular formula is C9H17ClO. The van der Waals surface area contributed by atoms with E-state index in [0.717, 1.165) is 6.42 Å². The van der Waals surface area contributed by atoms with Crippen LogP contribution in [0, 0.1) is 5.92 Å².